The van der Waals surface area contributed by atoms with Gasteiger partial charge in [0.25, 0.3) is 0 Å². The summed E-state index contributed by atoms with van der Waals surface area (Å²) >= 11 is 0. The van der Waals surface area contributed by atoms with E-state index >= 15 is 0 Å². The SMILES string of the molecule is CC1Cc2ccccc2N1c1cccc(F)c1N. The Morgan fingerprint density at radius 1 is 1.11 bits per heavy atom. The molecule has 2 nitrogen and oxygen atoms in total. The van der Waals surface area contributed by atoms with Crippen LogP contribution in [0.3, 0.4) is 0 Å². The Morgan fingerprint density at radius 3 is 2.67 bits per heavy atom. The number of hydrogen-bond donors (Lipinski definition) is 1. The fourth-order valence-corrected chi connectivity index (χ4v) is 2.67. The number of halogens is 1. The fourth-order valence-electron chi connectivity index (χ4n) is 2.67. The van der Waals surface area contributed by atoms with Gasteiger partial charge in [-0.15, -0.1) is 0 Å². The Bertz CT molecular complexity index is 595. The smallest absolute Gasteiger partial charge is 0.148 e. The van der Waals surface area contributed by atoms with Crippen molar-refractivity contribution in [3.05, 3.63) is 53.8 Å². The Labute approximate surface area is 106 Å². The molecule has 92 valence electrons. The predicted molar refractivity (Wildman–Crippen MR) is 72.6 cm³/mol. The lowest BCUT2D eigenvalue weighted by Gasteiger charge is -2.26. The van der Waals surface area contributed by atoms with Gasteiger partial charge in [-0.1, -0.05) is 24.3 Å². The number of nitrogens with two attached hydrogens (primary N) is 1. The maximum atomic E-state index is 13.6. The van der Waals surface area contributed by atoms with Gasteiger partial charge in [-0.3, -0.25) is 0 Å². The summed E-state index contributed by atoms with van der Waals surface area (Å²) in [6, 6.07) is 13.5. The molecule has 2 aromatic carbocycles. The highest BCUT2D eigenvalue weighted by atomic mass is 19.1. The highest BCUT2D eigenvalue weighted by molar-refractivity contribution is 5.79. The van der Waals surface area contributed by atoms with Crippen molar-refractivity contribution in [1.82, 2.24) is 0 Å². The molecule has 0 saturated carbocycles. The number of para-hydroxylation sites is 2. The molecule has 0 bridgehead atoms. The Balaban J connectivity index is 2.15. The van der Waals surface area contributed by atoms with Gasteiger partial charge in [0, 0.05) is 11.7 Å². The molecule has 0 radical (unpaired) electrons. The number of rotatable bonds is 1. The Kier molecular flexibility index (Phi) is 2.47. The van der Waals surface area contributed by atoms with E-state index in [1.165, 1.54) is 11.6 Å². The monoisotopic (exact) mass is 242 g/mol. The van der Waals surface area contributed by atoms with Crippen molar-refractivity contribution < 1.29 is 4.39 Å². The second-order valence-corrected chi connectivity index (χ2v) is 4.72. The minimum Gasteiger partial charge on any atom is -0.395 e. The van der Waals surface area contributed by atoms with E-state index < -0.39 is 0 Å². The average Bonchev–Trinajstić information content (AvgIpc) is 2.69. The molecule has 1 atom stereocenters. The molecule has 3 rings (SSSR count). The molecule has 0 fully saturated rings. The molecule has 1 unspecified atom stereocenters. The number of anilines is 3. The summed E-state index contributed by atoms with van der Waals surface area (Å²) in [5, 5.41) is 0. The number of nitrogen functional groups attached to an aromatic ring is 1. The maximum Gasteiger partial charge on any atom is 0.148 e. The molecule has 0 aromatic heterocycles. The first-order chi connectivity index (χ1) is 8.68. The summed E-state index contributed by atoms with van der Waals surface area (Å²) in [7, 11) is 0. The minimum atomic E-state index is -0.357. The highest BCUT2D eigenvalue weighted by Gasteiger charge is 2.28. The van der Waals surface area contributed by atoms with Crippen LogP contribution in [0.4, 0.5) is 21.5 Å². The molecule has 2 N–H and O–H groups in total. The third-order valence-electron chi connectivity index (χ3n) is 3.50. The normalized spacial score (nSPS) is 17.9. The second-order valence-electron chi connectivity index (χ2n) is 4.72. The van der Waals surface area contributed by atoms with Gasteiger partial charge < -0.3 is 10.6 Å². The second kappa shape index (κ2) is 4.02. The van der Waals surface area contributed by atoms with Crippen molar-refractivity contribution >= 4 is 17.1 Å². The van der Waals surface area contributed by atoms with E-state index in [0.717, 1.165) is 17.8 Å². The van der Waals surface area contributed by atoms with Crippen LogP contribution in [0.1, 0.15) is 12.5 Å². The van der Waals surface area contributed by atoms with Gasteiger partial charge in [0.2, 0.25) is 0 Å². The molecular formula is C15H15FN2. The molecular weight excluding hydrogens is 227 g/mol. The summed E-state index contributed by atoms with van der Waals surface area (Å²) < 4.78 is 13.6. The Hall–Kier alpha value is -2.03. The number of benzene rings is 2. The molecule has 1 aliphatic heterocycles. The van der Waals surface area contributed by atoms with Gasteiger partial charge in [0.1, 0.15) is 5.82 Å². The van der Waals surface area contributed by atoms with Crippen LogP contribution < -0.4 is 10.6 Å². The van der Waals surface area contributed by atoms with Gasteiger partial charge in [0.15, 0.2) is 0 Å². The summed E-state index contributed by atoms with van der Waals surface area (Å²) in [5.41, 5.74) is 9.26. The summed E-state index contributed by atoms with van der Waals surface area (Å²) in [5.74, 6) is -0.357. The molecule has 0 spiro atoms. The first-order valence-electron chi connectivity index (χ1n) is 6.09. The van der Waals surface area contributed by atoms with Crippen LogP contribution in [0.25, 0.3) is 0 Å². The number of fused-ring (bicyclic) bond motifs is 1. The zero-order valence-corrected chi connectivity index (χ0v) is 10.2. The lowest BCUT2D eigenvalue weighted by Crippen LogP contribution is -2.25. The average molecular weight is 242 g/mol. The van der Waals surface area contributed by atoms with E-state index in [4.69, 9.17) is 5.73 Å². The van der Waals surface area contributed by atoms with E-state index in [0.29, 0.717) is 6.04 Å². The molecule has 3 heteroatoms. The van der Waals surface area contributed by atoms with Gasteiger partial charge in [0.05, 0.1) is 11.4 Å². The zero-order chi connectivity index (χ0) is 12.7. The van der Waals surface area contributed by atoms with Crippen molar-refractivity contribution in [2.45, 2.75) is 19.4 Å². The fraction of sp³-hybridized carbons (Fsp3) is 0.200. The van der Waals surface area contributed by atoms with Crippen LogP contribution in [0, 0.1) is 5.82 Å². The van der Waals surface area contributed by atoms with Crippen LogP contribution in [-0.2, 0) is 6.42 Å². The van der Waals surface area contributed by atoms with E-state index in [1.54, 1.807) is 6.07 Å². The van der Waals surface area contributed by atoms with E-state index in [9.17, 15) is 4.39 Å². The van der Waals surface area contributed by atoms with Gasteiger partial charge in [-0.2, -0.15) is 0 Å². The van der Waals surface area contributed by atoms with Gasteiger partial charge in [-0.05, 0) is 37.1 Å². The summed E-state index contributed by atoms with van der Waals surface area (Å²) in [6.07, 6.45) is 0.964. The van der Waals surface area contributed by atoms with Crippen molar-refractivity contribution in [3.8, 4) is 0 Å². The molecule has 1 aliphatic rings. The molecule has 0 amide bonds. The maximum absolute atomic E-state index is 13.6. The van der Waals surface area contributed by atoms with Gasteiger partial charge >= 0.3 is 0 Å². The number of hydrogen-bond acceptors (Lipinski definition) is 2. The molecule has 1 heterocycles. The van der Waals surface area contributed by atoms with Crippen LogP contribution >= 0.6 is 0 Å². The van der Waals surface area contributed by atoms with Crippen LogP contribution in [-0.4, -0.2) is 6.04 Å². The van der Waals surface area contributed by atoms with E-state index in [2.05, 4.69) is 24.0 Å². The first-order valence-corrected chi connectivity index (χ1v) is 6.09. The topological polar surface area (TPSA) is 29.3 Å². The van der Waals surface area contributed by atoms with Crippen LogP contribution in [0.2, 0.25) is 0 Å². The van der Waals surface area contributed by atoms with Crippen molar-refractivity contribution in [1.29, 1.82) is 0 Å². The summed E-state index contributed by atoms with van der Waals surface area (Å²) in [4.78, 5) is 2.12. The van der Waals surface area contributed by atoms with Gasteiger partial charge in [-0.25, -0.2) is 4.39 Å². The van der Waals surface area contributed by atoms with Crippen molar-refractivity contribution in [2.24, 2.45) is 0 Å². The Morgan fingerprint density at radius 2 is 1.83 bits per heavy atom. The van der Waals surface area contributed by atoms with Crippen LogP contribution in [0.15, 0.2) is 42.5 Å². The lowest BCUT2D eigenvalue weighted by molar-refractivity contribution is 0.631. The van der Waals surface area contributed by atoms with E-state index in [1.807, 2.05) is 18.2 Å². The van der Waals surface area contributed by atoms with Crippen molar-refractivity contribution in [2.75, 3.05) is 10.6 Å². The van der Waals surface area contributed by atoms with E-state index in [-0.39, 0.29) is 11.5 Å². The predicted octanol–water partition coefficient (Wildman–Crippen LogP) is 3.49. The first kappa shape index (κ1) is 11.1. The largest absolute Gasteiger partial charge is 0.395 e. The molecule has 0 aliphatic carbocycles. The highest BCUT2D eigenvalue weighted by Crippen LogP contribution is 2.40. The lowest BCUT2D eigenvalue weighted by atomic mass is 10.1. The minimum absolute atomic E-state index is 0.223. The summed E-state index contributed by atoms with van der Waals surface area (Å²) in [6.45, 7) is 2.13. The molecule has 2 aromatic rings. The number of nitrogens with zero attached hydrogens (tertiary/aromatic N) is 1. The zero-order valence-electron chi connectivity index (χ0n) is 10.2. The quantitative estimate of drug-likeness (QED) is 0.776. The third-order valence-corrected chi connectivity index (χ3v) is 3.50. The molecule has 18 heavy (non-hydrogen) atoms. The van der Waals surface area contributed by atoms with Crippen LogP contribution in [0.5, 0.6) is 0 Å². The third kappa shape index (κ3) is 1.55. The van der Waals surface area contributed by atoms with Crippen molar-refractivity contribution in [3.63, 3.8) is 0 Å². The molecule has 0 saturated heterocycles. The standard InChI is InChI=1S/C15H15FN2/c1-10-9-11-5-2-3-7-13(11)18(10)14-8-4-6-12(16)15(14)17/h2-8,10H,9,17H2,1H3.